The van der Waals surface area contributed by atoms with E-state index in [9.17, 15) is 0 Å². The number of rotatable bonds is 2. The Hall–Kier alpha value is -2.09. The molecule has 0 unspecified atom stereocenters. The maximum Gasteiger partial charge on any atom is 0.0968 e. The molecule has 19 heavy (non-hydrogen) atoms. The third-order valence-corrected chi connectivity index (χ3v) is 3.20. The van der Waals surface area contributed by atoms with Crippen LogP contribution in [0.15, 0.2) is 54.7 Å². The van der Waals surface area contributed by atoms with Crippen LogP contribution in [0.25, 0.3) is 16.8 Å². The van der Waals surface area contributed by atoms with E-state index in [1.165, 1.54) is 16.6 Å². The summed E-state index contributed by atoms with van der Waals surface area (Å²) in [5.41, 5.74) is 4.80. The SMILES string of the molecule is C.CC(C)c1c(-c2ccccc2)nn2ccccc12. The Labute approximate surface area is 114 Å². The third kappa shape index (κ3) is 2.26. The van der Waals surface area contributed by atoms with Gasteiger partial charge in [0.15, 0.2) is 0 Å². The predicted molar refractivity (Wildman–Crippen MR) is 81.4 cm³/mol. The molecule has 0 aliphatic carbocycles. The minimum atomic E-state index is 0. The summed E-state index contributed by atoms with van der Waals surface area (Å²) >= 11 is 0. The Morgan fingerprint density at radius 3 is 2.32 bits per heavy atom. The summed E-state index contributed by atoms with van der Waals surface area (Å²) in [7, 11) is 0. The molecule has 0 radical (unpaired) electrons. The first kappa shape index (κ1) is 13.3. The van der Waals surface area contributed by atoms with Gasteiger partial charge in [-0.15, -0.1) is 0 Å². The standard InChI is InChI=1S/C16H16N2.CH4/c1-12(2)15-14-10-6-7-11-18(14)17-16(15)13-8-4-3-5-9-13;/h3-12H,1-2H3;1H4. The lowest BCUT2D eigenvalue weighted by molar-refractivity contribution is 0.878. The fraction of sp³-hybridized carbons (Fsp3) is 0.235. The second-order valence-corrected chi connectivity index (χ2v) is 4.81. The molecule has 2 aromatic heterocycles. The summed E-state index contributed by atoms with van der Waals surface area (Å²) in [4.78, 5) is 0. The molecular formula is C17H20N2. The second kappa shape index (κ2) is 5.27. The Morgan fingerprint density at radius 2 is 1.63 bits per heavy atom. The van der Waals surface area contributed by atoms with Crippen LogP contribution in [0, 0.1) is 0 Å². The van der Waals surface area contributed by atoms with Gasteiger partial charge in [-0.05, 0) is 18.1 Å². The highest BCUT2D eigenvalue weighted by Crippen LogP contribution is 2.31. The molecule has 2 heteroatoms. The second-order valence-electron chi connectivity index (χ2n) is 4.81. The molecule has 0 bridgehead atoms. The number of benzene rings is 1. The van der Waals surface area contributed by atoms with Crippen molar-refractivity contribution in [1.82, 2.24) is 9.61 Å². The topological polar surface area (TPSA) is 17.3 Å². The number of aromatic nitrogens is 2. The lowest BCUT2D eigenvalue weighted by Gasteiger charge is -2.06. The number of pyridine rings is 1. The predicted octanol–water partition coefficient (Wildman–Crippen LogP) is 4.76. The van der Waals surface area contributed by atoms with E-state index >= 15 is 0 Å². The van der Waals surface area contributed by atoms with Gasteiger partial charge in [0.05, 0.1) is 11.2 Å². The summed E-state index contributed by atoms with van der Waals surface area (Å²) in [6.07, 6.45) is 2.01. The molecule has 0 aliphatic rings. The average Bonchev–Trinajstić information content (AvgIpc) is 2.79. The van der Waals surface area contributed by atoms with Crippen LogP contribution in [0.5, 0.6) is 0 Å². The molecule has 0 amide bonds. The van der Waals surface area contributed by atoms with E-state index in [-0.39, 0.29) is 7.43 Å². The zero-order valence-electron chi connectivity index (χ0n) is 10.7. The molecule has 98 valence electrons. The molecule has 1 aromatic carbocycles. The molecule has 0 aliphatic heterocycles. The van der Waals surface area contributed by atoms with Crippen LogP contribution >= 0.6 is 0 Å². The highest BCUT2D eigenvalue weighted by atomic mass is 15.2. The monoisotopic (exact) mass is 252 g/mol. The third-order valence-electron chi connectivity index (χ3n) is 3.20. The summed E-state index contributed by atoms with van der Waals surface area (Å²) in [6, 6.07) is 16.6. The quantitative estimate of drug-likeness (QED) is 0.642. The molecule has 0 saturated carbocycles. The van der Waals surface area contributed by atoms with Crippen LogP contribution in [-0.2, 0) is 0 Å². The van der Waals surface area contributed by atoms with Crippen molar-refractivity contribution in [3.05, 3.63) is 60.3 Å². The van der Waals surface area contributed by atoms with E-state index in [1.54, 1.807) is 0 Å². The van der Waals surface area contributed by atoms with Gasteiger partial charge in [0, 0.05) is 17.3 Å². The van der Waals surface area contributed by atoms with Crippen molar-refractivity contribution in [1.29, 1.82) is 0 Å². The molecule has 0 atom stereocenters. The van der Waals surface area contributed by atoms with Gasteiger partial charge in [0.1, 0.15) is 0 Å². The number of hydrogen-bond donors (Lipinski definition) is 0. The van der Waals surface area contributed by atoms with Crippen molar-refractivity contribution in [2.75, 3.05) is 0 Å². The van der Waals surface area contributed by atoms with Gasteiger partial charge >= 0.3 is 0 Å². The first-order chi connectivity index (χ1) is 8.77. The molecule has 3 rings (SSSR count). The molecule has 2 nitrogen and oxygen atoms in total. The number of nitrogens with zero attached hydrogens (tertiary/aromatic N) is 2. The molecule has 0 spiro atoms. The Balaban J connectivity index is 0.00000133. The van der Waals surface area contributed by atoms with Gasteiger partial charge < -0.3 is 0 Å². The van der Waals surface area contributed by atoms with Crippen LogP contribution in [0.4, 0.5) is 0 Å². The van der Waals surface area contributed by atoms with Gasteiger partial charge in [-0.1, -0.05) is 57.7 Å². The van der Waals surface area contributed by atoms with Crippen molar-refractivity contribution in [2.45, 2.75) is 27.2 Å². The van der Waals surface area contributed by atoms with Gasteiger partial charge in [0.2, 0.25) is 0 Å². The summed E-state index contributed by atoms with van der Waals surface area (Å²) < 4.78 is 1.97. The zero-order valence-corrected chi connectivity index (χ0v) is 10.7. The molecule has 0 N–H and O–H groups in total. The van der Waals surface area contributed by atoms with Crippen LogP contribution in [0.1, 0.15) is 32.8 Å². The molecule has 2 heterocycles. The van der Waals surface area contributed by atoms with Crippen molar-refractivity contribution in [2.24, 2.45) is 0 Å². The van der Waals surface area contributed by atoms with E-state index in [0.29, 0.717) is 5.92 Å². The van der Waals surface area contributed by atoms with Gasteiger partial charge in [-0.25, -0.2) is 4.52 Å². The normalized spacial score (nSPS) is 10.7. The number of hydrogen-bond acceptors (Lipinski definition) is 1. The summed E-state index contributed by atoms with van der Waals surface area (Å²) in [5, 5.41) is 4.72. The highest BCUT2D eigenvalue weighted by Gasteiger charge is 2.16. The van der Waals surface area contributed by atoms with Gasteiger partial charge in [-0.3, -0.25) is 0 Å². The average molecular weight is 252 g/mol. The Morgan fingerprint density at radius 1 is 0.947 bits per heavy atom. The minimum absolute atomic E-state index is 0. The van der Waals surface area contributed by atoms with Crippen LogP contribution in [0.3, 0.4) is 0 Å². The fourth-order valence-corrected chi connectivity index (χ4v) is 2.40. The van der Waals surface area contributed by atoms with E-state index in [0.717, 1.165) is 5.69 Å². The molecule has 3 aromatic rings. The van der Waals surface area contributed by atoms with E-state index in [1.807, 2.05) is 22.8 Å². The first-order valence-corrected chi connectivity index (χ1v) is 6.30. The van der Waals surface area contributed by atoms with Crippen LogP contribution < -0.4 is 0 Å². The van der Waals surface area contributed by atoms with Crippen molar-refractivity contribution < 1.29 is 0 Å². The van der Waals surface area contributed by atoms with Crippen molar-refractivity contribution >= 4 is 5.52 Å². The fourth-order valence-electron chi connectivity index (χ4n) is 2.40. The van der Waals surface area contributed by atoms with Crippen molar-refractivity contribution in [3.63, 3.8) is 0 Å². The lowest BCUT2D eigenvalue weighted by atomic mass is 9.98. The molecule has 0 fully saturated rings. The zero-order chi connectivity index (χ0) is 12.5. The van der Waals surface area contributed by atoms with E-state index in [4.69, 9.17) is 5.10 Å². The van der Waals surface area contributed by atoms with Crippen LogP contribution in [-0.4, -0.2) is 9.61 Å². The lowest BCUT2D eigenvalue weighted by Crippen LogP contribution is -1.89. The van der Waals surface area contributed by atoms with Crippen LogP contribution in [0.2, 0.25) is 0 Å². The molecule has 0 saturated heterocycles. The maximum atomic E-state index is 4.72. The van der Waals surface area contributed by atoms with Crippen molar-refractivity contribution in [3.8, 4) is 11.3 Å². The first-order valence-electron chi connectivity index (χ1n) is 6.30. The highest BCUT2D eigenvalue weighted by molar-refractivity contribution is 5.73. The molecular weight excluding hydrogens is 232 g/mol. The maximum absolute atomic E-state index is 4.72. The van der Waals surface area contributed by atoms with E-state index < -0.39 is 0 Å². The Kier molecular flexibility index (Phi) is 3.70. The van der Waals surface area contributed by atoms with Gasteiger partial charge in [0.25, 0.3) is 0 Å². The largest absolute Gasteiger partial charge is 0.240 e. The number of fused-ring (bicyclic) bond motifs is 1. The summed E-state index contributed by atoms with van der Waals surface area (Å²) in [5.74, 6) is 0.458. The smallest absolute Gasteiger partial charge is 0.0968 e. The van der Waals surface area contributed by atoms with Gasteiger partial charge in [-0.2, -0.15) is 5.10 Å². The summed E-state index contributed by atoms with van der Waals surface area (Å²) in [6.45, 7) is 4.44. The Bertz CT molecular complexity index is 666. The van der Waals surface area contributed by atoms with E-state index in [2.05, 4.69) is 50.2 Å². The minimum Gasteiger partial charge on any atom is -0.240 e.